The predicted octanol–water partition coefficient (Wildman–Crippen LogP) is 3.53. The Balaban J connectivity index is 1.64. The Labute approximate surface area is 192 Å². The summed E-state index contributed by atoms with van der Waals surface area (Å²) in [5, 5.41) is 3.14. The standard InChI is InChI=1S/C24H27ClFN3O3/c1-15(2)21(27-22(30)17-6-4-5-16(3)13-17)24(32)29-11-9-28(10-12-29)23(31)19-14-18(25)7-8-20(19)26/h4-8,13-15,21H,9-12H2,1-3H3,(H,27,30). The van der Waals surface area contributed by atoms with Crippen LogP contribution in [0.1, 0.15) is 40.1 Å². The number of aryl methyl sites for hydroxylation is 1. The van der Waals surface area contributed by atoms with Gasteiger partial charge in [-0.25, -0.2) is 4.39 Å². The van der Waals surface area contributed by atoms with Gasteiger partial charge in [0.2, 0.25) is 5.91 Å². The van der Waals surface area contributed by atoms with Crippen LogP contribution in [0, 0.1) is 18.7 Å². The molecule has 0 radical (unpaired) electrons. The van der Waals surface area contributed by atoms with Crippen molar-refractivity contribution in [2.45, 2.75) is 26.8 Å². The summed E-state index contributed by atoms with van der Waals surface area (Å²) in [4.78, 5) is 41.7. The van der Waals surface area contributed by atoms with E-state index in [4.69, 9.17) is 11.6 Å². The number of rotatable bonds is 5. The SMILES string of the molecule is Cc1cccc(C(=O)NC(C(=O)N2CCN(C(=O)c3cc(Cl)ccc3F)CC2)C(C)C)c1. The lowest BCUT2D eigenvalue weighted by atomic mass is 10.0. The quantitative estimate of drug-likeness (QED) is 0.743. The maximum absolute atomic E-state index is 14.1. The van der Waals surface area contributed by atoms with Gasteiger partial charge in [-0.05, 0) is 43.2 Å². The lowest BCUT2D eigenvalue weighted by Crippen LogP contribution is -2.57. The lowest BCUT2D eigenvalue weighted by Gasteiger charge is -2.37. The molecule has 1 atom stereocenters. The number of carbonyl (C=O) groups excluding carboxylic acids is 3. The smallest absolute Gasteiger partial charge is 0.257 e. The Bertz CT molecular complexity index is 1020. The van der Waals surface area contributed by atoms with Crippen LogP contribution in [0.15, 0.2) is 42.5 Å². The van der Waals surface area contributed by atoms with Crippen LogP contribution in [0.25, 0.3) is 0 Å². The van der Waals surface area contributed by atoms with Crippen LogP contribution < -0.4 is 5.32 Å². The van der Waals surface area contributed by atoms with Gasteiger partial charge in [-0.2, -0.15) is 0 Å². The average Bonchev–Trinajstić information content (AvgIpc) is 2.78. The molecule has 2 aromatic rings. The third-order valence-electron chi connectivity index (χ3n) is 5.54. The van der Waals surface area contributed by atoms with E-state index in [1.807, 2.05) is 26.8 Å². The van der Waals surface area contributed by atoms with Gasteiger partial charge in [-0.1, -0.05) is 43.1 Å². The molecule has 2 aromatic carbocycles. The molecule has 1 unspecified atom stereocenters. The minimum atomic E-state index is -0.685. The van der Waals surface area contributed by atoms with Gasteiger partial charge in [-0.3, -0.25) is 14.4 Å². The molecule has 1 heterocycles. The van der Waals surface area contributed by atoms with Gasteiger partial charge in [0.05, 0.1) is 5.56 Å². The number of hydrogen-bond acceptors (Lipinski definition) is 3. The summed E-state index contributed by atoms with van der Waals surface area (Å²) in [5.41, 5.74) is 1.38. The van der Waals surface area contributed by atoms with Crippen LogP contribution in [-0.2, 0) is 4.79 Å². The van der Waals surface area contributed by atoms with E-state index in [1.54, 1.807) is 23.1 Å². The topological polar surface area (TPSA) is 69.7 Å². The molecule has 3 amide bonds. The van der Waals surface area contributed by atoms with E-state index >= 15 is 0 Å². The van der Waals surface area contributed by atoms with E-state index in [1.165, 1.54) is 23.1 Å². The zero-order valence-corrected chi connectivity index (χ0v) is 19.2. The van der Waals surface area contributed by atoms with Crippen molar-refractivity contribution < 1.29 is 18.8 Å². The van der Waals surface area contributed by atoms with Gasteiger partial charge in [0.15, 0.2) is 0 Å². The highest BCUT2D eigenvalue weighted by molar-refractivity contribution is 6.31. The van der Waals surface area contributed by atoms with Crippen LogP contribution in [0.5, 0.6) is 0 Å². The van der Waals surface area contributed by atoms with Crippen LogP contribution >= 0.6 is 11.6 Å². The second-order valence-electron chi connectivity index (χ2n) is 8.31. The number of halogens is 2. The first-order chi connectivity index (χ1) is 15.2. The van der Waals surface area contributed by atoms with E-state index < -0.39 is 17.8 Å². The number of nitrogens with zero attached hydrogens (tertiary/aromatic N) is 2. The van der Waals surface area contributed by atoms with Crippen molar-refractivity contribution in [3.05, 3.63) is 70.0 Å². The van der Waals surface area contributed by atoms with Crippen molar-refractivity contribution in [2.75, 3.05) is 26.2 Å². The van der Waals surface area contributed by atoms with Crippen LogP contribution in [0.2, 0.25) is 5.02 Å². The second-order valence-corrected chi connectivity index (χ2v) is 8.74. The van der Waals surface area contributed by atoms with Crippen molar-refractivity contribution in [2.24, 2.45) is 5.92 Å². The maximum Gasteiger partial charge on any atom is 0.257 e. The molecule has 1 fully saturated rings. The molecule has 1 aliphatic rings. The molecule has 3 rings (SSSR count). The molecule has 1 N–H and O–H groups in total. The molecular formula is C24H27ClFN3O3. The molecule has 0 spiro atoms. The summed E-state index contributed by atoms with van der Waals surface area (Å²) in [6.07, 6.45) is 0. The fourth-order valence-electron chi connectivity index (χ4n) is 3.68. The van der Waals surface area contributed by atoms with Crippen LogP contribution in [0.3, 0.4) is 0 Å². The highest BCUT2D eigenvalue weighted by Gasteiger charge is 2.32. The van der Waals surface area contributed by atoms with E-state index in [0.717, 1.165) is 5.56 Å². The van der Waals surface area contributed by atoms with Gasteiger partial charge in [0.1, 0.15) is 11.9 Å². The minimum Gasteiger partial charge on any atom is -0.340 e. The Morgan fingerprint density at radius 1 is 1.00 bits per heavy atom. The van der Waals surface area contributed by atoms with Crippen molar-refractivity contribution in [1.29, 1.82) is 0 Å². The van der Waals surface area contributed by atoms with Crippen molar-refractivity contribution >= 4 is 29.3 Å². The molecule has 0 bridgehead atoms. The number of piperazine rings is 1. The normalized spacial score (nSPS) is 14.9. The van der Waals surface area contributed by atoms with Crippen molar-refractivity contribution in [3.8, 4) is 0 Å². The van der Waals surface area contributed by atoms with Crippen molar-refractivity contribution in [3.63, 3.8) is 0 Å². The zero-order chi connectivity index (χ0) is 23.4. The van der Waals surface area contributed by atoms with Crippen molar-refractivity contribution in [1.82, 2.24) is 15.1 Å². The number of nitrogens with one attached hydrogen (secondary N) is 1. The molecule has 1 aliphatic heterocycles. The summed E-state index contributed by atoms with van der Waals surface area (Å²) in [6, 6.07) is 10.4. The first kappa shape index (κ1) is 23.7. The highest BCUT2D eigenvalue weighted by atomic mass is 35.5. The van der Waals surface area contributed by atoms with E-state index in [9.17, 15) is 18.8 Å². The molecule has 8 heteroatoms. The van der Waals surface area contributed by atoms with Gasteiger partial charge in [0.25, 0.3) is 11.8 Å². The molecule has 6 nitrogen and oxygen atoms in total. The van der Waals surface area contributed by atoms with Gasteiger partial charge in [-0.15, -0.1) is 0 Å². The monoisotopic (exact) mass is 459 g/mol. The first-order valence-corrected chi connectivity index (χ1v) is 11.0. The summed E-state index contributed by atoms with van der Waals surface area (Å²) < 4.78 is 14.1. The third kappa shape index (κ3) is 5.46. The molecule has 0 aromatic heterocycles. The summed E-state index contributed by atoms with van der Waals surface area (Å²) in [6.45, 7) is 6.80. The third-order valence-corrected chi connectivity index (χ3v) is 5.77. The first-order valence-electron chi connectivity index (χ1n) is 10.6. The average molecular weight is 460 g/mol. The number of benzene rings is 2. The maximum atomic E-state index is 14.1. The Kier molecular flexibility index (Phi) is 7.51. The summed E-state index contributed by atoms with van der Waals surface area (Å²) in [5.74, 6) is -1.69. The number of hydrogen-bond donors (Lipinski definition) is 1. The van der Waals surface area contributed by atoms with Crippen LogP contribution in [0.4, 0.5) is 4.39 Å². The van der Waals surface area contributed by atoms with Gasteiger partial charge < -0.3 is 15.1 Å². The predicted molar refractivity (Wildman–Crippen MR) is 121 cm³/mol. The molecule has 0 saturated carbocycles. The van der Waals surface area contributed by atoms with Gasteiger partial charge in [0, 0.05) is 36.8 Å². The lowest BCUT2D eigenvalue weighted by molar-refractivity contribution is -0.135. The second kappa shape index (κ2) is 10.1. The molecular weight excluding hydrogens is 433 g/mol. The molecule has 0 aliphatic carbocycles. The summed E-state index contributed by atoms with van der Waals surface area (Å²) in [7, 11) is 0. The summed E-state index contributed by atoms with van der Waals surface area (Å²) >= 11 is 5.90. The Morgan fingerprint density at radius 3 is 2.28 bits per heavy atom. The highest BCUT2D eigenvalue weighted by Crippen LogP contribution is 2.18. The number of carbonyl (C=O) groups is 3. The minimum absolute atomic E-state index is 0.0808. The largest absolute Gasteiger partial charge is 0.340 e. The van der Waals surface area contributed by atoms with E-state index in [2.05, 4.69) is 5.32 Å². The Hall–Kier alpha value is -2.93. The van der Waals surface area contributed by atoms with Crippen LogP contribution in [-0.4, -0.2) is 59.7 Å². The fraction of sp³-hybridized carbons (Fsp3) is 0.375. The number of amides is 3. The molecule has 32 heavy (non-hydrogen) atoms. The van der Waals surface area contributed by atoms with E-state index in [-0.39, 0.29) is 41.4 Å². The molecule has 170 valence electrons. The fourth-order valence-corrected chi connectivity index (χ4v) is 3.85. The molecule has 1 saturated heterocycles. The van der Waals surface area contributed by atoms with Gasteiger partial charge >= 0.3 is 0 Å². The Morgan fingerprint density at radius 2 is 1.66 bits per heavy atom. The van der Waals surface area contributed by atoms with E-state index in [0.29, 0.717) is 18.7 Å². The zero-order valence-electron chi connectivity index (χ0n) is 18.4.